The number of esters is 1. The van der Waals surface area contributed by atoms with Crippen LogP contribution in [0.15, 0.2) is 54.6 Å². The van der Waals surface area contributed by atoms with Crippen LogP contribution in [0.1, 0.15) is 70.3 Å². The van der Waals surface area contributed by atoms with Gasteiger partial charge in [-0.05, 0) is 30.6 Å². The van der Waals surface area contributed by atoms with E-state index in [0.717, 1.165) is 31.2 Å². The summed E-state index contributed by atoms with van der Waals surface area (Å²) in [7, 11) is 0. The average molecular weight is 483 g/mol. The van der Waals surface area contributed by atoms with Crippen LogP contribution < -0.4 is 0 Å². The highest BCUT2D eigenvalue weighted by Crippen LogP contribution is 2.32. The summed E-state index contributed by atoms with van der Waals surface area (Å²) in [4.78, 5) is 13.1. The first kappa shape index (κ1) is 28.1. The third kappa shape index (κ3) is 8.91. The number of unbranched alkanes of at least 4 members (excludes halogenated alkanes) is 5. The van der Waals surface area contributed by atoms with E-state index in [9.17, 15) is 18.0 Å². The molecular weight excluding hydrogens is 445 g/mol. The van der Waals surface area contributed by atoms with Gasteiger partial charge >= 0.3 is 12.1 Å². The molecule has 0 spiro atoms. The number of hydrogen-bond donors (Lipinski definition) is 0. The van der Waals surface area contributed by atoms with Crippen LogP contribution in [0.4, 0.5) is 13.2 Å². The van der Waals surface area contributed by atoms with Crippen molar-refractivity contribution in [2.24, 2.45) is 0 Å². The second-order valence-corrected chi connectivity index (χ2v) is 8.57. The number of benzene rings is 1. The lowest BCUT2D eigenvalue weighted by molar-refractivity contribution is -0.238. The Labute approximate surface area is 201 Å². The predicted molar refractivity (Wildman–Crippen MR) is 127 cm³/mol. The van der Waals surface area contributed by atoms with Gasteiger partial charge < -0.3 is 14.2 Å². The highest BCUT2D eigenvalue weighted by molar-refractivity contribution is 5.85. The Hall–Kier alpha value is -2.12. The Balaban J connectivity index is 2.11. The van der Waals surface area contributed by atoms with E-state index in [4.69, 9.17) is 14.2 Å². The number of carbonyl (C=O) groups excluding carboxylic acids is 1. The molecule has 1 aliphatic carbocycles. The summed E-state index contributed by atoms with van der Waals surface area (Å²) < 4.78 is 56.4. The van der Waals surface area contributed by atoms with Crippen molar-refractivity contribution in [2.75, 3.05) is 19.8 Å². The average Bonchev–Trinajstić information content (AvgIpc) is 2.83. The molecule has 0 amide bonds. The summed E-state index contributed by atoms with van der Waals surface area (Å²) in [6, 6.07) is 9.63. The molecule has 0 bridgehead atoms. The van der Waals surface area contributed by atoms with Crippen molar-refractivity contribution >= 4 is 5.97 Å². The van der Waals surface area contributed by atoms with Crippen LogP contribution in [0.2, 0.25) is 0 Å². The molecule has 1 unspecified atom stereocenters. The van der Waals surface area contributed by atoms with Gasteiger partial charge in [0, 0.05) is 19.1 Å². The maximum Gasteiger partial charge on any atom is 0.427 e. The van der Waals surface area contributed by atoms with Gasteiger partial charge in [0.15, 0.2) is 0 Å². The second kappa shape index (κ2) is 14.3. The van der Waals surface area contributed by atoms with Crippen molar-refractivity contribution in [1.82, 2.24) is 0 Å². The van der Waals surface area contributed by atoms with Crippen LogP contribution in [-0.4, -0.2) is 43.7 Å². The first-order chi connectivity index (χ1) is 16.3. The van der Waals surface area contributed by atoms with Crippen molar-refractivity contribution in [3.63, 3.8) is 0 Å². The van der Waals surface area contributed by atoms with Gasteiger partial charge in [-0.15, -0.1) is 0 Å². The molecule has 0 aliphatic heterocycles. The number of ether oxygens (including phenoxy) is 3. The smallest absolute Gasteiger partial charge is 0.427 e. The van der Waals surface area contributed by atoms with E-state index in [2.05, 4.69) is 6.92 Å². The maximum atomic E-state index is 13.5. The van der Waals surface area contributed by atoms with Gasteiger partial charge in [0.2, 0.25) is 11.7 Å². The highest BCUT2D eigenvalue weighted by atomic mass is 19.4. The fourth-order valence-electron chi connectivity index (χ4n) is 3.68. The number of rotatable bonds is 15. The highest BCUT2D eigenvalue weighted by Gasteiger charge is 2.47. The van der Waals surface area contributed by atoms with Crippen LogP contribution in [0.3, 0.4) is 0 Å². The maximum absolute atomic E-state index is 13.5. The second-order valence-electron chi connectivity index (χ2n) is 8.57. The van der Waals surface area contributed by atoms with Crippen molar-refractivity contribution in [2.45, 2.75) is 82.6 Å². The van der Waals surface area contributed by atoms with Crippen LogP contribution in [0, 0.1) is 0 Å². The molecule has 0 saturated heterocycles. The Morgan fingerprint density at radius 1 is 0.941 bits per heavy atom. The zero-order valence-electron chi connectivity index (χ0n) is 20.2. The molecule has 190 valence electrons. The molecule has 34 heavy (non-hydrogen) atoms. The predicted octanol–water partition coefficient (Wildman–Crippen LogP) is 6.91. The van der Waals surface area contributed by atoms with Crippen molar-refractivity contribution in [3.8, 4) is 0 Å². The van der Waals surface area contributed by atoms with E-state index >= 15 is 0 Å². The molecule has 0 N–H and O–H groups in total. The fraction of sp³-hybridized carbons (Fsp3) is 0.593. The number of hydrogen-bond acceptors (Lipinski definition) is 4. The molecule has 2 rings (SSSR count). The zero-order valence-corrected chi connectivity index (χ0v) is 20.2. The fourth-order valence-corrected chi connectivity index (χ4v) is 3.68. The van der Waals surface area contributed by atoms with E-state index in [0.29, 0.717) is 12.8 Å². The van der Waals surface area contributed by atoms with E-state index in [1.807, 2.05) is 30.3 Å². The quantitative estimate of drug-likeness (QED) is 0.155. The Kier molecular flexibility index (Phi) is 11.8. The first-order valence-corrected chi connectivity index (χ1v) is 12.3. The Morgan fingerprint density at radius 2 is 1.59 bits per heavy atom. The minimum Gasteiger partial charge on any atom is -0.448 e. The largest absolute Gasteiger partial charge is 0.448 e. The normalized spacial score (nSPS) is 20.9. The molecule has 1 aromatic rings. The van der Waals surface area contributed by atoms with E-state index in [1.54, 1.807) is 19.1 Å². The standard InChI is InChI=1S/C27H37F3O4/c1-3-5-6-7-8-12-20-33-26(17-15-23(16-18-26)22-13-10-9-11-14-22)25(31)34-24(27(28,29)30)21-32-19-4-2/h9-11,13-18,23-24H,3-8,12,19-21H2,1-2H3. The lowest BCUT2D eigenvalue weighted by Crippen LogP contribution is -2.47. The van der Waals surface area contributed by atoms with Crippen molar-refractivity contribution < 1.29 is 32.2 Å². The molecule has 1 aliphatic rings. The molecule has 1 atom stereocenters. The lowest BCUT2D eigenvalue weighted by atomic mass is 9.88. The lowest BCUT2D eigenvalue weighted by Gasteiger charge is -2.31. The monoisotopic (exact) mass is 482 g/mol. The third-order valence-electron chi connectivity index (χ3n) is 5.68. The van der Waals surface area contributed by atoms with Crippen LogP contribution in [-0.2, 0) is 19.0 Å². The minimum atomic E-state index is -4.74. The summed E-state index contributed by atoms with van der Waals surface area (Å²) in [5.41, 5.74) is -0.683. The Morgan fingerprint density at radius 3 is 2.21 bits per heavy atom. The van der Waals surface area contributed by atoms with Crippen molar-refractivity contribution in [1.29, 1.82) is 0 Å². The summed E-state index contributed by atoms with van der Waals surface area (Å²) in [5.74, 6) is -1.19. The molecule has 0 saturated carbocycles. The molecule has 1 aromatic carbocycles. The number of alkyl halides is 3. The van der Waals surface area contributed by atoms with E-state index in [-0.39, 0.29) is 19.1 Å². The number of allylic oxidation sites excluding steroid dienone is 2. The van der Waals surface area contributed by atoms with E-state index < -0.39 is 30.5 Å². The SMILES string of the molecule is CCCCCCCCOC1(C(=O)OC(COCCC)C(F)(F)F)C=CC(c2ccccc2)C=C1. The van der Waals surface area contributed by atoms with Gasteiger partial charge in [-0.25, -0.2) is 4.79 Å². The van der Waals surface area contributed by atoms with Gasteiger partial charge in [0.25, 0.3) is 0 Å². The molecule has 0 heterocycles. The van der Waals surface area contributed by atoms with Gasteiger partial charge in [-0.3, -0.25) is 0 Å². The first-order valence-electron chi connectivity index (χ1n) is 12.3. The summed E-state index contributed by atoms with van der Waals surface area (Å²) >= 11 is 0. The van der Waals surface area contributed by atoms with Gasteiger partial charge in [0.05, 0.1) is 6.61 Å². The number of carbonyl (C=O) groups is 1. The molecule has 0 fully saturated rings. The van der Waals surface area contributed by atoms with Crippen LogP contribution in [0.5, 0.6) is 0 Å². The minimum absolute atomic E-state index is 0.105. The van der Waals surface area contributed by atoms with E-state index in [1.165, 1.54) is 18.6 Å². The van der Waals surface area contributed by atoms with Crippen molar-refractivity contribution in [3.05, 3.63) is 60.2 Å². The van der Waals surface area contributed by atoms with Gasteiger partial charge in [-0.2, -0.15) is 13.2 Å². The van der Waals surface area contributed by atoms with Gasteiger partial charge in [-0.1, -0.05) is 88.4 Å². The molecule has 7 heteroatoms. The summed E-state index contributed by atoms with van der Waals surface area (Å²) in [5, 5.41) is 0. The summed E-state index contributed by atoms with van der Waals surface area (Å²) in [6.07, 6.45) is 6.20. The molecule has 0 radical (unpaired) electrons. The number of halogens is 3. The topological polar surface area (TPSA) is 44.8 Å². The summed E-state index contributed by atoms with van der Waals surface area (Å²) in [6.45, 7) is 3.60. The Bertz CT molecular complexity index is 760. The molecule has 4 nitrogen and oxygen atoms in total. The van der Waals surface area contributed by atoms with Crippen LogP contribution >= 0.6 is 0 Å². The van der Waals surface area contributed by atoms with Gasteiger partial charge in [0.1, 0.15) is 0 Å². The third-order valence-corrected chi connectivity index (χ3v) is 5.68. The zero-order chi connectivity index (χ0) is 24.9. The molecule has 0 aromatic heterocycles. The molecular formula is C27H37F3O4. The van der Waals surface area contributed by atoms with Crippen LogP contribution in [0.25, 0.3) is 0 Å².